The second kappa shape index (κ2) is 7.28. The van der Waals surface area contributed by atoms with E-state index in [1.54, 1.807) is 14.1 Å². The van der Waals surface area contributed by atoms with E-state index in [2.05, 4.69) is 24.3 Å². The topological polar surface area (TPSA) is 70.1 Å². The molecule has 1 saturated heterocycles. The minimum Gasteiger partial charge on any atom is -0.448 e. The van der Waals surface area contributed by atoms with Crippen LogP contribution in [0.3, 0.4) is 0 Å². The molecule has 0 bridgehead atoms. The van der Waals surface area contributed by atoms with Gasteiger partial charge in [-0.05, 0) is 35.1 Å². The monoisotopic (exact) mass is 380 g/mol. The van der Waals surface area contributed by atoms with E-state index in [0.29, 0.717) is 12.8 Å². The van der Waals surface area contributed by atoms with Crippen molar-refractivity contribution in [1.82, 2.24) is 9.80 Å². The lowest BCUT2D eigenvalue weighted by molar-refractivity contribution is -0.134. The van der Waals surface area contributed by atoms with Gasteiger partial charge in [0.05, 0.1) is 0 Å². The summed E-state index contributed by atoms with van der Waals surface area (Å²) >= 11 is 0. The van der Waals surface area contributed by atoms with Gasteiger partial charge in [0.25, 0.3) is 0 Å². The summed E-state index contributed by atoms with van der Waals surface area (Å²) in [6.07, 6.45) is -0.840. The second-order valence-corrected chi connectivity index (χ2v) is 7.52. The molecule has 1 aliphatic heterocycles. The van der Waals surface area contributed by atoms with Gasteiger partial charge in [-0.2, -0.15) is 0 Å². The molecule has 4 rings (SSSR count). The van der Waals surface area contributed by atoms with Gasteiger partial charge in [0.2, 0.25) is 5.91 Å². The van der Waals surface area contributed by atoms with Crippen LogP contribution in [0.15, 0.2) is 48.5 Å². The van der Waals surface area contributed by atoms with Crippen molar-refractivity contribution in [3.63, 3.8) is 0 Å². The first kappa shape index (κ1) is 18.5. The highest BCUT2D eigenvalue weighted by molar-refractivity contribution is 5.86. The van der Waals surface area contributed by atoms with Gasteiger partial charge in [-0.1, -0.05) is 48.5 Å². The summed E-state index contributed by atoms with van der Waals surface area (Å²) in [5.41, 5.74) is 4.56. The van der Waals surface area contributed by atoms with E-state index in [1.807, 2.05) is 24.3 Å². The van der Waals surface area contributed by atoms with Gasteiger partial charge < -0.3 is 14.7 Å². The van der Waals surface area contributed by atoms with Crippen LogP contribution in [0.2, 0.25) is 0 Å². The lowest BCUT2D eigenvalue weighted by atomic mass is 9.98. The summed E-state index contributed by atoms with van der Waals surface area (Å²) in [6, 6.07) is 15.5. The first-order valence-electron chi connectivity index (χ1n) is 9.51. The SMILES string of the molecule is CN(C)C(=O)[C@@H]1CCC(O)N1C(=O)OCC1c2ccccc2-c2ccccc21. The summed E-state index contributed by atoms with van der Waals surface area (Å²) < 4.78 is 5.61. The molecular formula is C22H24N2O4. The number of nitrogens with zero attached hydrogens (tertiary/aromatic N) is 2. The highest BCUT2D eigenvalue weighted by Gasteiger charge is 2.42. The fourth-order valence-corrected chi connectivity index (χ4v) is 4.25. The lowest BCUT2D eigenvalue weighted by Gasteiger charge is -2.28. The number of aliphatic hydroxyl groups is 1. The number of hydrogen-bond acceptors (Lipinski definition) is 4. The Morgan fingerprint density at radius 1 is 1.04 bits per heavy atom. The smallest absolute Gasteiger partial charge is 0.412 e. The molecule has 1 heterocycles. The van der Waals surface area contributed by atoms with E-state index in [-0.39, 0.29) is 18.4 Å². The van der Waals surface area contributed by atoms with Gasteiger partial charge in [-0.3, -0.25) is 9.69 Å². The summed E-state index contributed by atoms with van der Waals surface area (Å²) in [7, 11) is 3.28. The van der Waals surface area contributed by atoms with E-state index < -0.39 is 18.4 Å². The number of carbonyl (C=O) groups excluding carboxylic acids is 2. The Morgan fingerprint density at radius 2 is 1.61 bits per heavy atom. The summed E-state index contributed by atoms with van der Waals surface area (Å²) in [5.74, 6) is -0.260. The van der Waals surface area contributed by atoms with Crippen molar-refractivity contribution in [3.05, 3.63) is 59.7 Å². The van der Waals surface area contributed by atoms with Gasteiger partial charge >= 0.3 is 6.09 Å². The Bertz CT molecular complexity index is 865. The minimum atomic E-state index is -0.996. The molecule has 0 aromatic heterocycles. The van der Waals surface area contributed by atoms with Crippen LogP contribution in [0, 0.1) is 0 Å². The Morgan fingerprint density at radius 3 is 2.18 bits per heavy atom. The maximum Gasteiger partial charge on any atom is 0.412 e. The molecule has 28 heavy (non-hydrogen) atoms. The van der Waals surface area contributed by atoms with Crippen LogP contribution in [0.25, 0.3) is 11.1 Å². The van der Waals surface area contributed by atoms with Crippen molar-refractivity contribution >= 4 is 12.0 Å². The molecule has 2 aromatic carbocycles. The summed E-state index contributed by atoms with van der Waals surface area (Å²) in [4.78, 5) is 27.7. The fraction of sp³-hybridized carbons (Fsp3) is 0.364. The van der Waals surface area contributed by atoms with Crippen molar-refractivity contribution < 1.29 is 19.4 Å². The third-order valence-corrected chi connectivity index (χ3v) is 5.63. The molecular weight excluding hydrogens is 356 g/mol. The molecule has 6 nitrogen and oxygen atoms in total. The third kappa shape index (κ3) is 3.03. The molecule has 2 aliphatic rings. The number of likely N-dealkylation sites (N-methyl/N-ethyl adjacent to an activating group) is 1. The number of fused-ring (bicyclic) bond motifs is 3. The molecule has 0 saturated carbocycles. The highest BCUT2D eigenvalue weighted by atomic mass is 16.6. The Labute approximate surface area is 164 Å². The second-order valence-electron chi connectivity index (χ2n) is 7.52. The zero-order chi connectivity index (χ0) is 19.8. The van der Waals surface area contributed by atoms with E-state index in [0.717, 1.165) is 22.3 Å². The average Bonchev–Trinajstić information content (AvgIpc) is 3.24. The van der Waals surface area contributed by atoms with Gasteiger partial charge in [0, 0.05) is 20.0 Å². The maximum absolute atomic E-state index is 12.7. The van der Waals surface area contributed by atoms with E-state index >= 15 is 0 Å². The Hall–Kier alpha value is -2.86. The molecule has 2 aromatic rings. The normalized spacial score (nSPS) is 20.6. The van der Waals surface area contributed by atoms with Crippen LogP contribution in [-0.2, 0) is 9.53 Å². The number of hydrogen-bond donors (Lipinski definition) is 1. The number of rotatable bonds is 3. The molecule has 6 heteroatoms. The van der Waals surface area contributed by atoms with Crippen LogP contribution in [-0.4, -0.2) is 59.9 Å². The predicted octanol–water partition coefficient (Wildman–Crippen LogP) is 2.81. The number of likely N-dealkylation sites (tertiary alicyclic amines) is 1. The Kier molecular flexibility index (Phi) is 4.81. The number of carbonyl (C=O) groups is 2. The molecule has 2 atom stereocenters. The minimum absolute atomic E-state index is 0.0564. The van der Waals surface area contributed by atoms with E-state index in [4.69, 9.17) is 4.74 Å². The number of ether oxygens (including phenoxy) is 1. The molecule has 2 amide bonds. The van der Waals surface area contributed by atoms with Crippen molar-refractivity contribution in [1.29, 1.82) is 0 Å². The van der Waals surface area contributed by atoms with Crippen LogP contribution >= 0.6 is 0 Å². The first-order valence-corrected chi connectivity index (χ1v) is 9.51. The van der Waals surface area contributed by atoms with Crippen LogP contribution < -0.4 is 0 Å². The van der Waals surface area contributed by atoms with Gasteiger partial charge in [-0.25, -0.2) is 4.79 Å². The maximum atomic E-state index is 12.7. The molecule has 146 valence electrons. The van der Waals surface area contributed by atoms with E-state index in [9.17, 15) is 14.7 Å². The van der Waals surface area contributed by atoms with E-state index in [1.165, 1.54) is 9.80 Å². The van der Waals surface area contributed by atoms with Crippen molar-refractivity contribution in [2.75, 3.05) is 20.7 Å². The first-order chi connectivity index (χ1) is 13.5. The van der Waals surface area contributed by atoms with Crippen LogP contribution in [0.1, 0.15) is 29.9 Å². The molecule has 1 aliphatic carbocycles. The Balaban J connectivity index is 1.53. The van der Waals surface area contributed by atoms with Gasteiger partial charge in [0.15, 0.2) is 0 Å². The molecule has 1 fully saturated rings. The molecule has 1 unspecified atom stereocenters. The highest BCUT2D eigenvalue weighted by Crippen LogP contribution is 2.44. The predicted molar refractivity (Wildman–Crippen MR) is 105 cm³/mol. The quantitative estimate of drug-likeness (QED) is 0.889. The zero-order valence-electron chi connectivity index (χ0n) is 16.0. The fourth-order valence-electron chi connectivity index (χ4n) is 4.25. The standard InChI is InChI=1S/C22H24N2O4/c1-23(2)21(26)19-11-12-20(25)24(19)22(27)28-13-18-16-9-5-3-7-14(16)15-8-4-6-10-17(15)18/h3-10,18-20,25H,11-13H2,1-2H3/t19-,20?/m0/s1. The van der Waals surface area contributed by atoms with Crippen LogP contribution in [0.4, 0.5) is 4.79 Å². The zero-order valence-corrected chi connectivity index (χ0v) is 16.0. The van der Waals surface area contributed by atoms with Gasteiger partial charge in [-0.15, -0.1) is 0 Å². The van der Waals surface area contributed by atoms with Gasteiger partial charge in [0.1, 0.15) is 18.9 Å². The largest absolute Gasteiger partial charge is 0.448 e. The lowest BCUT2D eigenvalue weighted by Crippen LogP contribution is -2.49. The molecule has 1 N–H and O–H groups in total. The number of aliphatic hydroxyl groups excluding tert-OH is 1. The number of amides is 2. The van der Waals surface area contributed by atoms with Crippen LogP contribution in [0.5, 0.6) is 0 Å². The summed E-state index contributed by atoms with van der Waals surface area (Å²) in [6.45, 7) is 0.166. The van der Waals surface area contributed by atoms with Crippen molar-refractivity contribution in [2.24, 2.45) is 0 Å². The molecule has 0 spiro atoms. The van der Waals surface area contributed by atoms with Crippen molar-refractivity contribution in [2.45, 2.75) is 31.0 Å². The van der Waals surface area contributed by atoms with Crippen molar-refractivity contribution in [3.8, 4) is 11.1 Å². The average molecular weight is 380 g/mol. The molecule has 0 radical (unpaired) electrons. The third-order valence-electron chi connectivity index (χ3n) is 5.63. The summed E-state index contributed by atoms with van der Waals surface area (Å²) in [5, 5.41) is 10.2. The number of benzene rings is 2.